The Bertz CT molecular complexity index is 347. The van der Waals surface area contributed by atoms with Crippen LogP contribution in [0.25, 0.3) is 0 Å². The number of nitrogens with two attached hydrogens (primary N) is 1. The molecule has 2 rings (SSSR count). The summed E-state index contributed by atoms with van der Waals surface area (Å²) in [5.74, 6) is 1.95. The minimum atomic E-state index is 0.473. The zero-order chi connectivity index (χ0) is 10.7. The SMILES string of the molecule is Cn1ccc(N=C(N)C2CCCCC2)n1. The molecule has 0 amide bonds. The molecule has 1 aromatic heterocycles. The lowest BCUT2D eigenvalue weighted by atomic mass is 9.88. The van der Waals surface area contributed by atoms with Crippen molar-refractivity contribution < 1.29 is 0 Å². The normalized spacial score (nSPS) is 19.4. The van der Waals surface area contributed by atoms with Crippen molar-refractivity contribution in [2.75, 3.05) is 0 Å². The first-order valence-electron chi connectivity index (χ1n) is 5.59. The van der Waals surface area contributed by atoms with Gasteiger partial charge in [0.15, 0.2) is 5.82 Å². The van der Waals surface area contributed by atoms with Gasteiger partial charge in [-0.3, -0.25) is 4.68 Å². The lowest BCUT2D eigenvalue weighted by molar-refractivity contribution is 0.437. The average Bonchev–Trinajstić information content (AvgIpc) is 2.65. The van der Waals surface area contributed by atoms with Crippen LogP contribution in [0.5, 0.6) is 0 Å². The van der Waals surface area contributed by atoms with Gasteiger partial charge in [0, 0.05) is 25.2 Å². The van der Waals surface area contributed by atoms with Gasteiger partial charge in [-0.25, -0.2) is 4.99 Å². The molecule has 0 radical (unpaired) electrons. The third-order valence-corrected chi connectivity index (χ3v) is 2.97. The first-order chi connectivity index (χ1) is 7.25. The summed E-state index contributed by atoms with van der Waals surface area (Å²) in [5.41, 5.74) is 5.99. The number of aliphatic imine (C=N–C) groups is 1. The fourth-order valence-corrected chi connectivity index (χ4v) is 2.08. The number of amidine groups is 1. The number of hydrogen-bond donors (Lipinski definition) is 1. The number of aryl methyl sites for hydroxylation is 1. The zero-order valence-corrected chi connectivity index (χ0v) is 9.19. The topological polar surface area (TPSA) is 56.2 Å². The molecule has 82 valence electrons. The van der Waals surface area contributed by atoms with Gasteiger partial charge in [0.05, 0.1) is 0 Å². The molecule has 0 aromatic carbocycles. The van der Waals surface area contributed by atoms with Gasteiger partial charge in [0.2, 0.25) is 0 Å². The van der Waals surface area contributed by atoms with Gasteiger partial charge in [0.1, 0.15) is 5.84 Å². The fourth-order valence-electron chi connectivity index (χ4n) is 2.08. The van der Waals surface area contributed by atoms with E-state index >= 15 is 0 Å². The van der Waals surface area contributed by atoms with Gasteiger partial charge in [-0.15, -0.1) is 0 Å². The van der Waals surface area contributed by atoms with E-state index in [1.807, 2.05) is 19.3 Å². The van der Waals surface area contributed by atoms with Gasteiger partial charge in [-0.1, -0.05) is 19.3 Å². The maximum Gasteiger partial charge on any atom is 0.175 e. The minimum Gasteiger partial charge on any atom is -0.387 e. The summed E-state index contributed by atoms with van der Waals surface area (Å²) in [4.78, 5) is 4.37. The molecule has 1 saturated carbocycles. The van der Waals surface area contributed by atoms with Crippen LogP contribution in [-0.4, -0.2) is 15.6 Å². The number of hydrogen-bond acceptors (Lipinski definition) is 2. The van der Waals surface area contributed by atoms with Crippen molar-refractivity contribution in [2.45, 2.75) is 32.1 Å². The minimum absolute atomic E-state index is 0.473. The van der Waals surface area contributed by atoms with Crippen LogP contribution < -0.4 is 5.73 Å². The van der Waals surface area contributed by atoms with Crippen LogP contribution in [0.4, 0.5) is 5.82 Å². The molecule has 2 N–H and O–H groups in total. The van der Waals surface area contributed by atoms with Crippen molar-refractivity contribution in [2.24, 2.45) is 23.7 Å². The maximum atomic E-state index is 5.99. The van der Waals surface area contributed by atoms with Crippen LogP contribution in [0.3, 0.4) is 0 Å². The molecule has 0 saturated heterocycles. The second-order valence-corrected chi connectivity index (χ2v) is 4.22. The van der Waals surface area contributed by atoms with E-state index in [1.165, 1.54) is 32.1 Å². The molecule has 0 atom stereocenters. The van der Waals surface area contributed by atoms with Gasteiger partial charge < -0.3 is 5.73 Å². The molecule has 0 unspecified atom stereocenters. The standard InChI is InChI=1S/C11H18N4/c1-15-8-7-10(14-15)13-11(12)9-5-3-2-4-6-9/h7-9H,2-6H2,1H3,(H2,12,13,14). The monoisotopic (exact) mass is 206 g/mol. The van der Waals surface area contributed by atoms with Crippen LogP contribution >= 0.6 is 0 Å². The van der Waals surface area contributed by atoms with Crippen LogP contribution in [0.15, 0.2) is 17.3 Å². The summed E-state index contributed by atoms with van der Waals surface area (Å²) in [6.45, 7) is 0. The van der Waals surface area contributed by atoms with Crippen molar-refractivity contribution in [1.82, 2.24) is 9.78 Å². The van der Waals surface area contributed by atoms with Crippen molar-refractivity contribution in [3.63, 3.8) is 0 Å². The summed E-state index contributed by atoms with van der Waals surface area (Å²) < 4.78 is 1.74. The highest BCUT2D eigenvalue weighted by Gasteiger charge is 2.17. The Labute approximate surface area is 90.2 Å². The molecule has 1 heterocycles. The van der Waals surface area contributed by atoms with Crippen LogP contribution in [-0.2, 0) is 7.05 Å². The predicted octanol–water partition coefficient (Wildman–Crippen LogP) is 1.99. The van der Waals surface area contributed by atoms with Crippen molar-refractivity contribution >= 4 is 11.7 Å². The first-order valence-corrected chi connectivity index (χ1v) is 5.59. The lowest BCUT2D eigenvalue weighted by Crippen LogP contribution is -2.25. The highest BCUT2D eigenvalue weighted by molar-refractivity contribution is 5.84. The van der Waals surface area contributed by atoms with E-state index in [0.29, 0.717) is 5.92 Å². The second kappa shape index (κ2) is 4.47. The quantitative estimate of drug-likeness (QED) is 0.594. The van der Waals surface area contributed by atoms with Crippen LogP contribution in [0.1, 0.15) is 32.1 Å². The van der Waals surface area contributed by atoms with Crippen molar-refractivity contribution in [1.29, 1.82) is 0 Å². The molecule has 4 nitrogen and oxygen atoms in total. The Morgan fingerprint density at radius 3 is 2.80 bits per heavy atom. The molecule has 1 fully saturated rings. The Morgan fingerprint density at radius 1 is 1.47 bits per heavy atom. The molecule has 0 spiro atoms. The Balaban J connectivity index is 2.05. The highest BCUT2D eigenvalue weighted by atomic mass is 15.3. The summed E-state index contributed by atoms with van der Waals surface area (Å²) in [6, 6.07) is 1.88. The van der Waals surface area contributed by atoms with E-state index in [0.717, 1.165) is 11.7 Å². The van der Waals surface area contributed by atoms with E-state index in [1.54, 1.807) is 4.68 Å². The Hall–Kier alpha value is -1.32. The van der Waals surface area contributed by atoms with E-state index in [9.17, 15) is 0 Å². The average molecular weight is 206 g/mol. The van der Waals surface area contributed by atoms with E-state index in [4.69, 9.17) is 5.73 Å². The lowest BCUT2D eigenvalue weighted by Gasteiger charge is -2.20. The Morgan fingerprint density at radius 2 is 2.20 bits per heavy atom. The van der Waals surface area contributed by atoms with Crippen molar-refractivity contribution in [3.8, 4) is 0 Å². The predicted molar refractivity (Wildman–Crippen MR) is 61.1 cm³/mol. The third kappa shape index (κ3) is 2.58. The largest absolute Gasteiger partial charge is 0.387 e. The molecule has 1 aliphatic rings. The number of rotatable bonds is 2. The molecule has 1 aromatic rings. The summed E-state index contributed by atoms with van der Waals surface area (Å²) in [7, 11) is 1.88. The number of nitrogens with zero attached hydrogens (tertiary/aromatic N) is 3. The van der Waals surface area contributed by atoms with E-state index in [2.05, 4.69) is 10.1 Å². The molecular formula is C11H18N4. The number of aromatic nitrogens is 2. The molecule has 0 aliphatic heterocycles. The van der Waals surface area contributed by atoms with E-state index < -0.39 is 0 Å². The molecule has 1 aliphatic carbocycles. The Kier molecular flexibility index (Phi) is 3.04. The molecule has 0 bridgehead atoms. The molecule has 4 heteroatoms. The highest BCUT2D eigenvalue weighted by Crippen LogP contribution is 2.24. The summed E-state index contributed by atoms with van der Waals surface area (Å²) >= 11 is 0. The van der Waals surface area contributed by atoms with Crippen molar-refractivity contribution in [3.05, 3.63) is 12.3 Å². The van der Waals surface area contributed by atoms with Gasteiger partial charge in [-0.05, 0) is 12.8 Å². The third-order valence-electron chi connectivity index (χ3n) is 2.97. The van der Waals surface area contributed by atoms with Gasteiger partial charge in [-0.2, -0.15) is 5.10 Å². The smallest absolute Gasteiger partial charge is 0.175 e. The fraction of sp³-hybridized carbons (Fsp3) is 0.636. The first kappa shape index (κ1) is 10.2. The van der Waals surface area contributed by atoms with Gasteiger partial charge in [0.25, 0.3) is 0 Å². The molecule has 15 heavy (non-hydrogen) atoms. The van der Waals surface area contributed by atoms with E-state index in [-0.39, 0.29) is 0 Å². The maximum absolute atomic E-state index is 5.99. The summed E-state index contributed by atoms with van der Waals surface area (Å²) in [5, 5.41) is 4.19. The summed E-state index contributed by atoms with van der Waals surface area (Å²) in [6.07, 6.45) is 8.15. The van der Waals surface area contributed by atoms with Crippen LogP contribution in [0.2, 0.25) is 0 Å². The zero-order valence-electron chi connectivity index (χ0n) is 9.19. The second-order valence-electron chi connectivity index (χ2n) is 4.22. The van der Waals surface area contributed by atoms with Gasteiger partial charge >= 0.3 is 0 Å². The van der Waals surface area contributed by atoms with Crippen LogP contribution in [0, 0.1) is 5.92 Å². The molecular weight excluding hydrogens is 188 g/mol.